The fourth-order valence-corrected chi connectivity index (χ4v) is 2.41. The fourth-order valence-electron chi connectivity index (χ4n) is 2.41. The highest BCUT2D eigenvalue weighted by Crippen LogP contribution is 2.36. The summed E-state index contributed by atoms with van der Waals surface area (Å²) in [6.45, 7) is 1.88. The predicted octanol–water partition coefficient (Wildman–Crippen LogP) is 2.54. The Hall–Kier alpha value is -1.63. The summed E-state index contributed by atoms with van der Waals surface area (Å²) in [5, 5.41) is 11.4. The Labute approximate surface area is 106 Å². The van der Waals surface area contributed by atoms with E-state index in [9.17, 15) is 22.4 Å². The van der Waals surface area contributed by atoms with Gasteiger partial charge in [-0.3, -0.25) is 0 Å². The van der Waals surface area contributed by atoms with E-state index in [1.165, 1.54) is 6.92 Å². The Kier molecular flexibility index (Phi) is 3.25. The average Bonchev–Trinajstić information content (AvgIpc) is 2.74. The molecule has 0 aromatic heterocycles. The molecule has 0 spiro atoms. The molecule has 104 valence electrons. The lowest BCUT2D eigenvalue weighted by atomic mass is 9.88. The normalized spacial score (nSPS) is 22.8. The van der Waals surface area contributed by atoms with Crippen LogP contribution in [0.4, 0.5) is 17.6 Å². The summed E-state index contributed by atoms with van der Waals surface area (Å²) in [5.74, 6) is -9.13. The van der Waals surface area contributed by atoms with Crippen molar-refractivity contribution >= 4 is 5.97 Å². The first-order valence-electron chi connectivity index (χ1n) is 5.64. The highest BCUT2D eigenvalue weighted by molar-refractivity contribution is 5.88. The van der Waals surface area contributed by atoms with Crippen molar-refractivity contribution < 1.29 is 27.5 Å². The molecule has 1 aliphatic rings. The van der Waals surface area contributed by atoms with E-state index < -0.39 is 45.9 Å². The molecule has 3 nitrogen and oxygen atoms in total. The molecule has 0 amide bonds. The zero-order valence-electron chi connectivity index (χ0n) is 9.99. The molecule has 0 saturated carbocycles. The van der Waals surface area contributed by atoms with E-state index in [1.807, 2.05) is 0 Å². The summed E-state index contributed by atoms with van der Waals surface area (Å²) in [7, 11) is 0. The number of hydrogen-bond acceptors (Lipinski definition) is 2. The maximum atomic E-state index is 13.9. The molecule has 1 fully saturated rings. The Bertz CT molecular complexity index is 524. The van der Waals surface area contributed by atoms with Crippen molar-refractivity contribution in [2.24, 2.45) is 0 Å². The molecule has 0 bridgehead atoms. The van der Waals surface area contributed by atoms with Crippen LogP contribution in [-0.4, -0.2) is 17.6 Å². The van der Waals surface area contributed by atoms with Crippen LogP contribution < -0.4 is 5.32 Å². The van der Waals surface area contributed by atoms with Gasteiger partial charge >= 0.3 is 5.97 Å². The van der Waals surface area contributed by atoms with Gasteiger partial charge in [-0.05, 0) is 26.3 Å². The maximum Gasteiger partial charge on any atom is 0.341 e. The van der Waals surface area contributed by atoms with Crippen LogP contribution in [0.5, 0.6) is 0 Å². The number of nitrogens with one attached hydrogen (secondary N) is 1. The van der Waals surface area contributed by atoms with Crippen molar-refractivity contribution in [3.8, 4) is 0 Å². The topological polar surface area (TPSA) is 49.3 Å². The Morgan fingerprint density at radius 3 is 2.05 bits per heavy atom. The summed E-state index contributed by atoms with van der Waals surface area (Å²) in [5.41, 5.74) is -3.64. The number of carbonyl (C=O) groups is 1. The molecular formula is C12H11F4NO2. The zero-order valence-corrected chi connectivity index (χ0v) is 9.99. The van der Waals surface area contributed by atoms with Gasteiger partial charge in [0.15, 0.2) is 23.3 Å². The number of benzene rings is 1. The van der Waals surface area contributed by atoms with Gasteiger partial charge in [-0.25, -0.2) is 22.4 Å². The van der Waals surface area contributed by atoms with Gasteiger partial charge in [0.1, 0.15) is 5.56 Å². The summed E-state index contributed by atoms with van der Waals surface area (Å²) in [6, 6.07) is 0. The van der Waals surface area contributed by atoms with Crippen LogP contribution in [0.1, 0.15) is 35.7 Å². The van der Waals surface area contributed by atoms with Gasteiger partial charge in [0.25, 0.3) is 0 Å². The standard InChI is InChI=1S/C12H11F4NO2/c1-12(3-2-4-17-12)6-9(15)7(13)5(11(18)19)8(14)10(6)16/h17H,2-4H2,1H3,(H,18,19). The Morgan fingerprint density at radius 1 is 1.16 bits per heavy atom. The van der Waals surface area contributed by atoms with Crippen LogP contribution in [0.2, 0.25) is 0 Å². The van der Waals surface area contributed by atoms with Gasteiger partial charge in [-0.2, -0.15) is 0 Å². The number of rotatable bonds is 2. The van der Waals surface area contributed by atoms with Crippen LogP contribution in [0.25, 0.3) is 0 Å². The lowest BCUT2D eigenvalue weighted by Crippen LogP contribution is -2.36. The highest BCUT2D eigenvalue weighted by atomic mass is 19.2. The molecule has 7 heteroatoms. The predicted molar refractivity (Wildman–Crippen MR) is 57.8 cm³/mol. The lowest BCUT2D eigenvalue weighted by molar-refractivity contribution is 0.0683. The van der Waals surface area contributed by atoms with Gasteiger partial charge in [0.2, 0.25) is 0 Å². The molecule has 2 N–H and O–H groups in total. The molecule has 1 heterocycles. The molecule has 0 radical (unpaired) electrons. The van der Waals surface area contributed by atoms with E-state index in [0.717, 1.165) is 0 Å². The average molecular weight is 277 g/mol. The van der Waals surface area contributed by atoms with Crippen LogP contribution in [0.15, 0.2) is 0 Å². The third-order valence-corrected chi connectivity index (χ3v) is 3.40. The molecule has 1 aromatic rings. The monoisotopic (exact) mass is 277 g/mol. The van der Waals surface area contributed by atoms with Gasteiger partial charge in [-0.15, -0.1) is 0 Å². The minimum Gasteiger partial charge on any atom is -0.477 e. The van der Waals surface area contributed by atoms with E-state index in [0.29, 0.717) is 19.4 Å². The largest absolute Gasteiger partial charge is 0.477 e. The number of carboxylic acid groups (broad SMARTS) is 1. The molecule has 1 unspecified atom stereocenters. The minimum absolute atomic E-state index is 0.298. The minimum atomic E-state index is -2.05. The first kappa shape index (κ1) is 13.8. The molecule has 1 aromatic carbocycles. The molecule has 1 aliphatic heterocycles. The van der Waals surface area contributed by atoms with Gasteiger partial charge < -0.3 is 10.4 Å². The first-order chi connectivity index (χ1) is 8.79. The summed E-state index contributed by atoms with van der Waals surface area (Å²) in [6.07, 6.45) is 0.894. The lowest BCUT2D eigenvalue weighted by Gasteiger charge is -2.26. The number of carboxylic acids is 1. The highest BCUT2D eigenvalue weighted by Gasteiger charge is 2.40. The Balaban J connectivity index is 2.74. The Morgan fingerprint density at radius 2 is 1.68 bits per heavy atom. The molecule has 1 saturated heterocycles. The van der Waals surface area contributed by atoms with Gasteiger partial charge in [0, 0.05) is 11.1 Å². The maximum absolute atomic E-state index is 13.9. The second-order valence-electron chi connectivity index (χ2n) is 4.67. The van der Waals surface area contributed by atoms with E-state index in [1.54, 1.807) is 0 Å². The van der Waals surface area contributed by atoms with Crippen molar-refractivity contribution in [1.29, 1.82) is 0 Å². The first-order valence-corrected chi connectivity index (χ1v) is 5.64. The SMILES string of the molecule is CC1(c2c(F)c(F)c(C(=O)O)c(F)c2F)CCCN1. The van der Waals surface area contributed by atoms with Gasteiger partial charge in [0.05, 0.1) is 0 Å². The number of aromatic carboxylic acids is 1. The molecule has 19 heavy (non-hydrogen) atoms. The van der Waals surface area contributed by atoms with E-state index in [2.05, 4.69) is 5.32 Å². The van der Waals surface area contributed by atoms with Crippen molar-refractivity contribution in [2.75, 3.05) is 6.54 Å². The number of halogens is 4. The third kappa shape index (κ3) is 1.98. The van der Waals surface area contributed by atoms with Crippen LogP contribution in [-0.2, 0) is 5.54 Å². The summed E-state index contributed by atoms with van der Waals surface area (Å²) in [4.78, 5) is 10.6. The molecule has 1 atom stereocenters. The fraction of sp³-hybridized carbons (Fsp3) is 0.417. The van der Waals surface area contributed by atoms with Crippen molar-refractivity contribution in [2.45, 2.75) is 25.3 Å². The second-order valence-corrected chi connectivity index (χ2v) is 4.67. The number of hydrogen-bond donors (Lipinski definition) is 2. The smallest absolute Gasteiger partial charge is 0.341 e. The molecule has 0 aliphatic carbocycles. The summed E-state index contributed by atoms with van der Waals surface area (Å²) < 4.78 is 54.9. The second kappa shape index (κ2) is 4.48. The van der Waals surface area contributed by atoms with Crippen LogP contribution in [0.3, 0.4) is 0 Å². The molecule has 2 rings (SSSR count). The van der Waals surface area contributed by atoms with Crippen LogP contribution >= 0.6 is 0 Å². The van der Waals surface area contributed by atoms with E-state index in [-0.39, 0.29) is 0 Å². The van der Waals surface area contributed by atoms with Crippen molar-refractivity contribution in [3.05, 3.63) is 34.4 Å². The van der Waals surface area contributed by atoms with E-state index in [4.69, 9.17) is 5.11 Å². The quantitative estimate of drug-likeness (QED) is 0.645. The summed E-state index contributed by atoms with van der Waals surface area (Å²) >= 11 is 0. The van der Waals surface area contributed by atoms with Crippen molar-refractivity contribution in [1.82, 2.24) is 5.32 Å². The molecular weight excluding hydrogens is 266 g/mol. The van der Waals surface area contributed by atoms with Gasteiger partial charge in [-0.1, -0.05) is 0 Å². The van der Waals surface area contributed by atoms with Crippen LogP contribution in [0, 0.1) is 23.3 Å². The van der Waals surface area contributed by atoms with E-state index >= 15 is 0 Å². The van der Waals surface area contributed by atoms with Crippen molar-refractivity contribution in [3.63, 3.8) is 0 Å². The zero-order chi connectivity index (χ0) is 14.4. The third-order valence-electron chi connectivity index (χ3n) is 3.40.